The van der Waals surface area contributed by atoms with E-state index in [1.807, 2.05) is 38.1 Å². The van der Waals surface area contributed by atoms with Crippen molar-refractivity contribution < 1.29 is 19.2 Å². The Morgan fingerprint density at radius 1 is 1.20 bits per heavy atom. The molecule has 2 bridgehead atoms. The molecule has 0 radical (unpaired) electrons. The van der Waals surface area contributed by atoms with E-state index in [-0.39, 0.29) is 11.8 Å². The lowest BCUT2D eigenvalue weighted by Crippen LogP contribution is -2.47. The average Bonchev–Trinajstić information content (AvgIpc) is 2.80. The number of fused-ring (bicyclic) bond motifs is 4. The average molecular weight is 414 g/mol. The predicted octanol–water partition coefficient (Wildman–Crippen LogP) is 3.85. The summed E-state index contributed by atoms with van der Waals surface area (Å²) in [6.07, 6.45) is 4.73. The number of hydrogen-bond acceptors (Lipinski definition) is 5. The van der Waals surface area contributed by atoms with Gasteiger partial charge >= 0.3 is 0 Å². The van der Waals surface area contributed by atoms with Crippen molar-refractivity contribution in [3.05, 3.63) is 48.2 Å². The Balaban J connectivity index is 0.00000155. The molecular weight excluding hydrogens is 382 g/mol. The highest BCUT2D eigenvalue weighted by Crippen LogP contribution is 2.26. The van der Waals surface area contributed by atoms with Gasteiger partial charge in [0.05, 0.1) is 25.0 Å². The van der Waals surface area contributed by atoms with Crippen LogP contribution in [0, 0.1) is 0 Å². The van der Waals surface area contributed by atoms with Crippen LogP contribution < -0.4 is 10.1 Å². The maximum atomic E-state index is 13.0. The van der Waals surface area contributed by atoms with Gasteiger partial charge in [0, 0.05) is 18.8 Å². The summed E-state index contributed by atoms with van der Waals surface area (Å²) in [4.78, 5) is 35.0. The fourth-order valence-electron chi connectivity index (χ4n) is 3.17. The van der Waals surface area contributed by atoms with E-state index in [1.165, 1.54) is 14.2 Å². The van der Waals surface area contributed by atoms with Crippen molar-refractivity contribution in [3.63, 3.8) is 0 Å². The van der Waals surface area contributed by atoms with Crippen LogP contribution in [0.3, 0.4) is 0 Å². The number of carbonyl (C=O) groups is 2. The molecule has 162 valence electrons. The summed E-state index contributed by atoms with van der Waals surface area (Å²) >= 11 is 0. The molecule has 2 aromatic rings. The van der Waals surface area contributed by atoms with Gasteiger partial charge < -0.3 is 10.1 Å². The van der Waals surface area contributed by atoms with Gasteiger partial charge in [-0.3, -0.25) is 19.4 Å². The Kier molecular flexibility index (Phi) is 9.28. The first-order valence-corrected chi connectivity index (χ1v) is 10.4. The van der Waals surface area contributed by atoms with Crippen molar-refractivity contribution in [1.82, 2.24) is 15.4 Å². The minimum atomic E-state index is -0.666. The largest absolute Gasteiger partial charge is 0.494 e. The van der Waals surface area contributed by atoms with Gasteiger partial charge in [0.1, 0.15) is 11.8 Å². The second-order valence-electron chi connectivity index (χ2n) is 6.67. The van der Waals surface area contributed by atoms with Gasteiger partial charge in [-0.05, 0) is 43.5 Å². The molecule has 3 rings (SSSR count). The van der Waals surface area contributed by atoms with E-state index in [0.717, 1.165) is 35.6 Å². The van der Waals surface area contributed by atoms with Crippen LogP contribution >= 0.6 is 0 Å². The topological polar surface area (TPSA) is 80.8 Å². The fourth-order valence-corrected chi connectivity index (χ4v) is 3.17. The third kappa shape index (κ3) is 6.03. The van der Waals surface area contributed by atoms with E-state index in [9.17, 15) is 9.59 Å². The van der Waals surface area contributed by atoms with Crippen LogP contribution in [0.25, 0.3) is 11.3 Å². The van der Waals surface area contributed by atoms with Gasteiger partial charge in [0.2, 0.25) is 0 Å². The second-order valence-corrected chi connectivity index (χ2v) is 6.67. The summed E-state index contributed by atoms with van der Waals surface area (Å²) in [5.74, 6) is 0.127. The summed E-state index contributed by atoms with van der Waals surface area (Å²) in [5, 5.41) is 4.01. The van der Waals surface area contributed by atoms with Crippen molar-refractivity contribution in [3.8, 4) is 17.0 Å². The second kappa shape index (κ2) is 11.9. The van der Waals surface area contributed by atoms with Crippen molar-refractivity contribution in [2.45, 2.75) is 45.6 Å². The standard InChI is InChI=1S/C21H25N3O4.C2H6/c1-24(27-2)21(26)18-11-4-3-5-13-28-16-9-6-8-15(14-16)19-17(20(25)23-18)10-7-12-22-19;1-2/h6-10,12,14,18H,3-5,11,13H2,1-2H3,(H,23,25);1-2H3. The molecular formula is C23H31N3O4. The lowest BCUT2D eigenvalue weighted by Gasteiger charge is -2.23. The number of hydrogen-bond donors (Lipinski definition) is 1. The van der Waals surface area contributed by atoms with Crippen LogP contribution in [0.15, 0.2) is 42.6 Å². The van der Waals surface area contributed by atoms with Crippen LogP contribution in [-0.2, 0) is 9.63 Å². The van der Waals surface area contributed by atoms with Crippen molar-refractivity contribution >= 4 is 11.8 Å². The number of pyridine rings is 1. The lowest BCUT2D eigenvalue weighted by atomic mass is 10.0. The van der Waals surface area contributed by atoms with Crippen LogP contribution in [0.5, 0.6) is 5.75 Å². The Hall–Kier alpha value is -2.93. The summed E-state index contributed by atoms with van der Waals surface area (Å²) in [5.41, 5.74) is 1.75. The molecule has 1 N–H and O–H groups in total. The molecule has 1 atom stereocenters. The zero-order valence-corrected chi connectivity index (χ0v) is 18.2. The molecule has 7 nitrogen and oxygen atoms in total. The Labute approximate surface area is 178 Å². The molecule has 1 aliphatic heterocycles. The zero-order valence-electron chi connectivity index (χ0n) is 18.2. The molecule has 0 saturated carbocycles. The Morgan fingerprint density at radius 3 is 2.77 bits per heavy atom. The lowest BCUT2D eigenvalue weighted by molar-refractivity contribution is -0.171. The molecule has 0 spiro atoms. The molecule has 1 aromatic carbocycles. The van der Waals surface area contributed by atoms with E-state index in [1.54, 1.807) is 18.3 Å². The van der Waals surface area contributed by atoms with Crippen molar-refractivity contribution in [2.24, 2.45) is 0 Å². The predicted molar refractivity (Wildman–Crippen MR) is 116 cm³/mol. The number of amides is 2. The molecule has 2 heterocycles. The van der Waals surface area contributed by atoms with E-state index in [0.29, 0.717) is 24.3 Å². The monoisotopic (exact) mass is 413 g/mol. The first-order chi connectivity index (χ1) is 14.6. The highest BCUT2D eigenvalue weighted by Gasteiger charge is 2.26. The summed E-state index contributed by atoms with van der Waals surface area (Å²) in [7, 11) is 2.96. The smallest absolute Gasteiger partial charge is 0.268 e. The molecule has 30 heavy (non-hydrogen) atoms. The van der Waals surface area contributed by atoms with Crippen LogP contribution in [0.1, 0.15) is 49.9 Å². The molecule has 0 saturated heterocycles. The van der Waals surface area contributed by atoms with E-state index in [4.69, 9.17) is 9.57 Å². The maximum Gasteiger partial charge on any atom is 0.268 e. The normalized spacial score (nSPS) is 16.5. The Morgan fingerprint density at radius 2 is 2.00 bits per heavy atom. The van der Waals surface area contributed by atoms with Gasteiger partial charge in [0.25, 0.3) is 11.8 Å². The first kappa shape index (κ1) is 23.3. The third-order valence-corrected chi connectivity index (χ3v) is 4.75. The molecule has 2 amide bonds. The zero-order chi connectivity index (χ0) is 21.9. The number of nitrogens with zero attached hydrogens (tertiary/aromatic N) is 2. The SMILES string of the molecule is CC.CON(C)C(=O)C1CCCCCOc2cccc(c2)-c2ncccc2C(=O)N1. The highest BCUT2D eigenvalue weighted by molar-refractivity contribution is 6.02. The molecule has 7 heteroatoms. The number of ether oxygens (including phenoxy) is 1. The maximum absolute atomic E-state index is 13.0. The molecule has 0 aliphatic carbocycles. The van der Waals surface area contributed by atoms with Gasteiger partial charge in [-0.25, -0.2) is 5.06 Å². The van der Waals surface area contributed by atoms with E-state index < -0.39 is 6.04 Å². The first-order valence-electron chi connectivity index (χ1n) is 10.4. The minimum absolute atomic E-state index is 0.286. The quantitative estimate of drug-likeness (QED) is 0.757. The number of carbonyl (C=O) groups excluding carboxylic acids is 2. The summed E-state index contributed by atoms with van der Waals surface area (Å²) < 4.78 is 5.84. The Bertz CT molecular complexity index is 841. The van der Waals surface area contributed by atoms with Crippen molar-refractivity contribution in [1.29, 1.82) is 0 Å². The molecule has 1 unspecified atom stereocenters. The number of benzene rings is 1. The van der Waals surface area contributed by atoms with Crippen molar-refractivity contribution in [2.75, 3.05) is 20.8 Å². The van der Waals surface area contributed by atoms with Gasteiger partial charge in [-0.15, -0.1) is 0 Å². The number of hydroxylamine groups is 2. The number of rotatable bonds is 2. The molecule has 0 fully saturated rings. The third-order valence-electron chi connectivity index (χ3n) is 4.75. The van der Waals surface area contributed by atoms with Crippen LogP contribution in [0.4, 0.5) is 0 Å². The summed E-state index contributed by atoms with van der Waals surface area (Å²) in [6, 6.07) is 10.3. The van der Waals surface area contributed by atoms with Gasteiger partial charge in [-0.2, -0.15) is 0 Å². The van der Waals surface area contributed by atoms with E-state index in [2.05, 4.69) is 10.3 Å². The fraction of sp³-hybridized carbons (Fsp3) is 0.435. The van der Waals surface area contributed by atoms with Gasteiger partial charge in [-0.1, -0.05) is 32.4 Å². The van der Waals surface area contributed by atoms with Crippen LogP contribution in [0.2, 0.25) is 0 Å². The van der Waals surface area contributed by atoms with E-state index >= 15 is 0 Å². The molecule has 1 aromatic heterocycles. The number of nitrogens with one attached hydrogen (secondary N) is 1. The highest BCUT2D eigenvalue weighted by atomic mass is 16.7. The summed E-state index contributed by atoms with van der Waals surface area (Å²) in [6.45, 7) is 4.60. The number of likely N-dealkylation sites (N-methyl/N-ethyl adjacent to an activating group) is 1. The molecule has 1 aliphatic rings. The minimum Gasteiger partial charge on any atom is -0.494 e. The van der Waals surface area contributed by atoms with Crippen LogP contribution in [-0.4, -0.2) is 48.7 Å². The number of aromatic nitrogens is 1. The van der Waals surface area contributed by atoms with Gasteiger partial charge in [0.15, 0.2) is 0 Å².